The number of likely N-dealkylation sites (tertiary alicyclic amines) is 1. The maximum absolute atomic E-state index is 13.3. The molecule has 1 saturated heterocycles. The highest BCUT2D eigenvalue weighted by molar-refractivity contribution is 5.81. The van der Waals surface area contributed by atoms with Gasteiger partial charge in [-0.05, 0) is 92.0 Å². The summed E-state index contributed by atoms with van der Waals surface area (Å²) in [5, 5.41) is 0. The normalized spacial score (nSPS) is 16.0. The highest BCUT2D eigenvalue weighted by Crippen LogP contribution is 2.30. The summed E-state index contributed by atoms with van der Waals surface area (Å²) in [5.41, 5.74) is -1.10. The van der Waals surface area contributed by atoms with Crippen LogP contribution in [0.2, 0.25) is 0 Å². The van der Waals surface area contributed by atoms with Gasteiger partial charge in [0.05, 0.1) is 24.0 Å². The van der Waals surface area contributed by atoms with Gasteiger partial charge in [0, 0.05) is 19.0 Å². The first-order valence-electron chi connectivity index (χ1n) is 24.4. The summed E-state index contributed by atoms with van der Waals surface area (Å²) < 4.78 is 23.1. The molecule has 0 amide bonds. The molecule has 344 valence electrons. The van der Waals surface area contributed by atoms with E-state index in [9.17, 15) is 19.2 Å². The summed E-state index contributed by atoms with van der Waals surface area (Å²) in [6, 6.07) is -0.485. The molecule has 0 aromatic carbocycles. The molecule has 0 spiro atoms. The van der Waals surface area contributed by atoms with Crippen LogP contribution in [0.15, 0.2) is 12.7 Å². The SMILES string of the molecule is C=CC(=O)O[C@H]1C[C@@H](C(=O)OCCCCCCC(C)(C)C(=O)OC(CCCCCC)CCCCCC)N(CCCCC(C)(C)C(=O)OCCCCCCCCCCC)C1. The van der Waals surface area contributed by atoms with E-state index >= 15 is 0 Å². The zero-order valence-corrected chi connectivity index (χ0v) is 39.4. The van der Waals surface area contributed by atoms with Crippen molar-refractivity contribution in [3.05, 3.63) is 12.7 Å². The Morgan fingerprint density at radius 1 is 0.610 bits per heavy atom. The Bertz CT molecular complexity index is 1120. The van der Waals surface area contributed by atoms with Crippen molar-refractivity contribution in [2.75, 3.05) is 26.3 Å². The summed E-state index contributed by atoms with van der Waals surface area (Å²) in [7, 11) is 0. The van der Waals surface area contributed by atoms with E-state index in [1.807, 2.05) is 27.7 Å². The predicted octanol–water partition coefficient (Wildman–Crippen LogP) is 12.8. The van der Waals surface area contributed by atoms with E-state index in [-0.39, 0.29) is 24.0 Å². The average Bonchev–Trinajstić information content (AvgIpc) is 3.61. The maximum atomic E-state index is 13.3. The van der Waals surface area contributed by atoms with E-state index in [4.69, 9.17) is 18.9 Å². The lowest BCUT2D eigenvalue weighted by molar-refractivity contribution is -0.161. The molecule has 0 aromatic heterocycles. The Morgan fingerprint density at radius 2 is 1.07 bits per heavy atom. The highest BCUT2D eigenvalue weighted by Gasteiger charge is 2.39. The van der Waals surface area contributed by atoms with Crippen LogP contribution in [0.5, 0.6) is 0 Å². The van der Waals surface area contributed by atoms with Crippen molar-refractivity contribution < 1.29 is 38.1 Å². The van der Waals surface area contributed by atoms with Crippen molar-refractivity contribution in [3.8, 4) is 0 Å². The summed E-state index contributed by atoms with van der Waals surface area (Å²) in [4.78, 5) is 53.5. The first kappa shape index (κ1) is 54.6. The summed E-state index contributed by atoms with van der Waals surface area (Å²) in [6.07, 6.45) is 30.2. The lowest BCUT2D eigenvalue weighted by Gasteiger charge is -2.27. The molecule has 0 aromatic rings. The van der Waals surface area contributed by atoms with Gasteiger partial charge >= 0.3 is 23.9 Å². The van der Waals surface area contributed by atoms with Crippen LogP contribution in [0.4, 0.5) is 0 Å². The molecule has 0 radical (unpaired) electrons. The number of unbranched alkanes of at least 4 members (excludes halogenated alkanes) is 18. The Balaban J connectivity index is 2.46. The Kier molecular flexibility index (Phi) is 30.8. The third kappa shape index (κ3) is 25.8. The molecule has 0 bridgehead atoms. The predicted molar refractivity (Wildman–Crippen MR) is 241 cm³/mol. The number of ether oxygens (including phenoxy) is 4. The second-order valence-corrected chi connectivity index (χ2v) is 18.8. The molecule has 1 rings (SSSR count). The first-order chi connectivity index (χ1) is 28.3. The quantitative estimate of drug-likeness (QED) is 0.0260. The Labute approximate surface area is 362 Å². The summed E-state index contributed by atoms with van der Waals surface area (Å²) in [6.45, 7) is 20.0. The molecule has 1 aliphatic rings. The van der Waals surface area contributed by atoms with Gasteiger partial charge in [-0.2, -0.15) is 0 Å². The van der Waals surface area contributed by atoms with Crippen LogP contribution in [0.25, 0.3) is 0 Å². The van der Waals surface area contributed by atoms with E-state index < -0.39 is 28.9 Å². The second-order valence-electron chi connectivity index (χ2n) is 18.8. The largest absolute Gasteiger partial charge is 0.465 e. The minimum atomic E-state index is -0.576. The third-order valence-corrected chi connectivity index (χ3v) is 12.1. The fraction of sp³-hybridized carbons (Fsp3) is 0.880. The number of nitrogens with zero attached hydrogens (tertiary/aromatic N) is 1. The van der Waals surface area contributed by atoms with Crippen molar-refractivity contribution in [2.24, 2.45) is 10.8 Å². The molecule has 9 heteroatoms. The fourth-order valence-electron chi connectivity index (χ4n) is 7.97. The number of rotatable bonds is 38. The number of carbonyl (C=O) groups is 4. The van der Waals surface area contributed by atoms with Gasteiger partial charge < -0.3 is 18.9 Å². The Morgan fingerprint density at radius 3 is 1.61 bits per heavy atom. The van der Waals surface area contributed by atoms with Crippen LogP contribution in [0, 0.1) is 10.8 Å². The first-order valence-corrected chi connectivity index (χ1v) is 24.4. The van der Waals surface area contributed by atoms with E-state index in [0.29, 0.717) is 39.1 Å². The monoisotopic (exact) mass is 834 g/mol. The van der Waals surface area contributed by atoms with Gasteiger partial charge in [-0.3, -0.25) is 19.3 Å². The van der Waals surface area contributed by atoms with Crippen molar-refractivity contribution in [1.29, 1.82) is 0 Å². The zero-order chi connectivity index (χ0) is 43.8. The lowest BCUT2D eigenvalue weighted by Crippen LogP contribution is -2.38. The van der Waals surface area contributed by atoms with Crippen molar-refractivity contribution >= 4 is 23.9 Å². The van der Waals surface area contributed by atoms with Crippen molar-refractivity contribution in [1.82, 2.24) is 4.90 Å². The van der Waals surface area contributed by atoms with Crippen molar-refractivity contribution in [2.45, 2.75) is 246 Å². The molecular formula is C50H91NO8. The number of esters is 4. The minimum absolute atomic E-state index is 0.0205. The smallest absolute Gasteiger partial charge is 0.330 e. The van der Waals surface area contributed by atoms with Crippen LogP contribution < -0.4 is 0 Å². The molecule has 9 nitrogen and oxygen atoms in total. The maximum Gasteiger partial charge on any atom is 0.330 e. The third-order valence-electron chi connectivity index (χ3n) is 12.1. The molecule has 1 fully saturated rings. The average molecular weight is 834 g/mol. The van der Waals surface area contributed by atoms with E-state index in [1.54, 1.807) is 0 Å². The molecule has 0 saturated carbocycles. The van der Waals surface area contributed by atoms with Gasteiger partial charge in [0.1, 0.15) is 18.2 Å². The van der Waals surface area contributed by atoms with Crippen LogP contribution in [0.1, 0.15) is 228 Å². The van der Waals surface area contributed by atoms with Gasteiger partial charge in [-0.15, -0.1) is 0 Å². The number of carbonyl (C=O) groups excluding carboxylic acids is 4. The van der Waals surface area contributed by atoms with Gasteiger partial charge in [-0.1, -0.05) is 143 Å². The summed E-state index contributed by atoms with van der Waals surface area (Å²) >= 11 is 0. The van der Waals surface area contributed by atoms with Gasteiger partial charge in [-0.25, -0.2) is 4.79 Å². The van der Waals surface area contributed by atoms with Crippen LogP contribution in [-0.4, -0.2) is 73.3 Å². The fourth-order valence-corrected chi connectivity index (χ4v) is 7.97. The molecular weight excluding hydrogens is 743 g/mol. The molecule has 0 unspecified atom stereocenters. The zero-order valence-electron chi connectivity index (χ0n) is 39.4. The highest BCUT2D eigenvalue weighted by atomic mass is 16.6. The van der Waals surface area contributed by atoms with Gasteiger partial charge in [0.2, 0.25) is 0 Å². The summed E-state index contributed by atoms with van der Waals surface area (Å²) in [5.74, 6) is -1.00. The minimum Gasteiger partial charge on any atom is -0.465 e. The molecule has 2 atom stereocenters. The lowest BCUT2D eigenvalue weighted by atomic mass is 9.86. The van der Waals surface area contributed by atoms with E-state index in [2.05, 4.69) is 32.3 Å². The number of hydrogen-bond acceptors (Lipinski definition) is 9. The van der Waals surface area contributed by atoms with Gasteiger partial charge in [0.15, 0.2) is 0 Å². The van der Waals surface area contributed by atoms with Gasteiger partial charge in [0.25, 0.3) is 0 Å². The molecule has 1 aliphatic heterocycles. The number of hydrogen-bond donors (Lipinski definition) is 0. The second kappa shape index (κ2) is 33.2. The molecule has 1 heterocycles. The topological polar surface area (TPSA) is 108 Å². The standard InChI is InChI=1S/C50H91NO8/c1-9-13-16-19-20-21-22-24-32-39-57-47(54)49(5,6)36-29-30-37-51-41-43(58-45(52)12-4)40-44(51)46(53)56-38-31-25-23-28-35-50(7,8)48(55)59-42(33-26-17-14-10-2)34-27-18-15-11-3/h12,42-44H,4,9-11,13-41H2,1-3,5-8H3/t43-,44-/m0/s1. The van der Waals surface area contributed by atoms with Crippen LogP contribution in [0.3, 0.4) is 0 Å². The van der Waals surface area contributed by atoms with E-state index in [0.717, 1.165) is 89.5 Å². The molecule has 59 heavy (non-hydrogen) atoms. The Hall–Kier alpha value is -2.42. The van der Waals surface area contributed by atoms with Crippen molar-refractivity contribution in [3.63, 3.8) is 0 Å². The van der Waals surface area contributed by atoms with Crippen LogP contribution >= 0.6 is 0 Å². The molecule has 0 N–H and O–H groups in total. The van der Waals surface area contributed by atoms with E-state index in [1.165, 1.54) is 83.5 Å². The van der Waals surface area contributed by atoms with Crippen LogP contribution in [-0.2, 0) is 38.1 Å². The molecule has 0 aliphatic carbocycles.